The fourth-order valence-electron chi connectivity index (χ4n) is 4.36. The minimum Gasteiger partial charge on any atom is -0.444 e. The summed E-state index contributed by atoms with van der Waals surface area (Å²) >= 11 is 0. The molecular formula is C22H22FN6O6P. The summed E-state index contributed by atoms with van der Waals surface area (Å²) in [6.07, 6.45) is 3.42. The zero-order chi connectivity index (χ0) is 25.1. The number of amides is 1. The van der Waals surface area contributed by atoms with Gasteiger partial charge in [-0.3, -0.25) is 14.4 Å². The Balaban J connectivity index is 1.14. The second-order valence-corrected chi connectivity index (χ2v) is 10.5. The molecule has 3 aromatic rings. The van der Waals surface area contributed by atoms with Crippen molar-refractivity contribution >= 4 is 19.6 Å². The number of phosphoric ester groups is 1. The molecule has 3 aliphatic rings. The molecule has 1 saturated heterocycles. The van der Waals surface area contributed by atoms with Crippen LogP contribution in [0, 0.1) is 5.82 Å². The molecule has 188 valence electrons. The summed E-state index contributed by atoms with van der Waals surface area (Å²) in [7, 11) is -4.65. The number of nitrogens with zero attached hydrogens (tertiary/aromatic N) is 6. The first-order valence-corrected chi connectivity index (χ1v) is 13.0. The normalized spacial score (nSPS) is 21.0. The minimum absolute atomic E-state index is 0.120. The van der Waals surface area contributed by atoms with Crippen LogP contribution in [0.15, 0.2) is 36.5 Å². The van der Waals surface area contributed by atoms with Crippen LogP contribution in [0.25, 0.3) is 22.6 Å². The summed E-state index contributed by atoms with van der Waals surface area (Å²) in [6.45, 7) is 0.120. The van der Waals surface area contributed by atoms with Gasteiger partial charge in [0.1, 0.15) is 17.6 Å². The van der Waals surface area contributed by atoms with Crippen LogP contribution in [-0.2, 0) is 13.8 Å². The van der Waals surface area contributed by atoms with E-state index in [9.17, 15) is 9.36 Å². The lowest BCUT2D eigenvalue weighted by Crippen LogP contribution is -2.27. The Bertz CT molecular complexity index is 1370. The van der Waals surface area contributed by atoms with Gasteiger partial charge >= 0.3 is 13.9 Å². The first-order valence-electron chi connectivity index (χ1n) is 11.5. The number of ether oxygens (including phenoxy) is 1. The number of carbonyl (C=O) groups excluding carboxylic acids is 1. The second kappa shape index (κ2) is 8.41. The van der Waals surface area contributed by atoms with Gasteiger partial charge in [-0.1, -0.05) is 6.07 Å². The summed E-state index contributed by atoms with van der Waals surface area (Å²) in [6, 6.07) is 8.14. The molecule has 0 bridgehead atoms. The van der Waals surface area contributed by atoms with E-state index in [2.05, 4.69) is 20.4 Å². The van der Waals surface area contributed by atoms with Gasteiger partial charge in [-0.25, -0.2) is 13.8 Å². The van der Waals surface area contributed by atoms with E-state index in [0.29, 0.717) is 47.2 Å². The molecular weight excluding hydrogens is 494 g/mol. The van der Waals surface area contributed by atoms with Gasteiger partial charge in [0, 0.05) is 23.7 Å². The number of halogens is 1. The fraction of sp³-hybridized carbons (Fsp3) is 0.409. The van der Waals surface area contributed by atoms with Gasteiger partial charge in [-0.2, -0.15) is 4.80 Å². The van der Waals surface area contributed by atoms with Crippen molar-refractivity contribution in [3.05, 3.63) is 42.3 Å². The summed E-state index contributed by atoms with van der Waals surface area (Å²) < 4.78 is 36.5. The lowest BCUT2D eigenvalue weighted by molar-refractivity contribution is 0.0629. The zero-order valence-electron chi connectivity index (χ0n) is 18.9. The Morgan fingerprint density at radius 3 is 2.67 bits per heavy atom. The molecule has 12 nitrogen and oxygen atoms in total. The number of rotatable bonds is 8. The van der Waals surface area contributed by atoms with Crippen LogP contribution in [0.3, 0.4) is 0 Å². The summed E-state index contributed by atoms with van der Waals surface area (Å²) in [5.41, 5.74) is 0.711. The number of carbonyl (C=O) groups is 1. The van der Waals surface area contributed by atoms with Gasteiger partial charge in [0.15, 0.2) is 0 Å². The molecule has 0 radical (unpaired) electrons. The Hall–Kier alpha value is -3.25. The van der Waals surface area contributed by atoms with Gasteiger partial charge in [0.25, 0.3) is 0 Å². The van der Waals surface area contributed by atoms with Crippen molar-refractivity contribution in [2.24, 2.45) is 0 Å². The number of pyridine rings is 1. The second-order valence-electron chi connectivity index (χ2n) is 9.35. The van der Waals surface area contributed by atoms with Gasteiger partial charge in [0.05, 0.1) is 23.9 Å². The van der Waals surface area contributed by atoms with Gasteiger partial charge in [0.2, 0.25) is 5.82 Å². The molecule has 3 heterocycles. The highest BCUT2D eigenvalue weighted by molar-refractivity contribution is 7.46. The Morgan fingerprint density at radius 1 is 1.22 bits per heavy atom. The van der Waals surface area contributed by atoms with Crippen LogP contribution in [0.1, 0.15) is 38.1 Å². The van der Waals surface area contributed by atoms with Gasteiger partial charge in [-0.05, 0) is 55.2 Å². The highest BCUT2D eigenvalue weighted by Crippen LogP contribution is 2.55. The summed E-state index contributed by atoms with van der Waals surface area (Å²) in [5, 5.41) is 12.4. The highest BCUT2D eigenvalue weighted by atomic mass is 31.2. The largest absolute Gasteiger partial charge is 0.470 e. The SMILES string of the molecule is O=C1O[C@H](CC2(OP(=O)(O)O)CC2)CN1c1ccc(-c2ccc(-c3nnn(C4CC4)n3)nc2)c(F)c1. The number of benzene rings is 1. The van der Waals surface area contributed by atoms with Crippen LogP contribution >= 0.6 is 7.82 Å². The van der Waals surface area contributed by atoms with Crippen molar-refractivity contribution < 1.29 is 32.8 Å². The first kappa shape index (κ1) is 23.2. The maximum atomic E-state index is 15.1. The van der Waals surface area contributed by atoms with Crippen molar-refractivity contribution in [3.63, 3.8) is 0 Å². The Morgan fingerprint density at radius 2 is 2.03 bits per heavy atom. The predicted octanol–water partition coefficient (Wildman–Crippen LogP) is 3.23. The van der Waals surface area contributed by atoms with E-state index in [1.54, 1.807) is 29.1 Å². The highest BCUT2D eigenvalue weighted by Gasteiger charge is 2.52. The predicted molar refractivity (Wildman–Crippen MR) is 122 cm³/mol. The molecule has 0 spiro atoms. The fourth-order valence-corrected chi connectivity index (χ4v) is 5.12. The van der Waals surface area contributed by atoms with E-state index in [1.165, 1.54) is 17.2 Å². The third-order valence-electron chi connectivity index (χ3n) is 6.46. The maximum Gasteiger partial charge on any atom is 0.470 e. The quantitative estimate of drug-likeness (QED) is 0.427. The van der Waals surface area contributed by atoms with Crippen LogP contribution in [-0.4, -0.2) is 59.3 Å². The topological polar surface area (TPSA) is 153 Å². The maximum absolute atomic E-state index is 15.1. The number of hydrogen-bond donors (Lipinski definition) is 2. The van der Waals surface area contributed by atoms with Gasteiger partial charge < -0.3 is 14.5 Å². The Labute approximate surface area is 204 Å². The van der Waals surface area contributed by atoms with Crippen LogP contribution in [0.2, 0.25) is 0 Å². The van der Waals surface area contributed by atoms with Crippen molar-refractivity contribution in [1.29, 1.82) is 0 Å². The first-order chi connectivity index (χ1) is 17.2. The molecule has 2 saturated carbocycles. The van der Waals surface area contributed by atoms with Crippen molar-refractivity contribution in [3.8, 4) is 22.6 Å². The molecule has 2 aromatic heterocycles. The Kier molecular flexibility index (Phi) is 5.41. The zero-order valence-corrected chi connectivity index (χ0v) is 19.8. The molecule has 2 aliphatic carbocycles. The van der Waals surface area contributed by atoms with Crippen molar-refractivity contribution in [2.75, 3.05) is 11.4 Å². The van der Waals surface area contributed by atoms with E-state index >= 15 is 4.39 Å². The third kappa shape index (κ3) is 4.74. The van der Waals surface area contributed by atoms with Crippen LogP contribution in [0.5, 0.6) is 0 Å². The molecule has 2 N–H and O–H groups in total. The molecule has 36 heavy (non-hydrogen) atoms. The van der Waals surface area contributed by atoms with E-state index in [-0.39, 0.29) is 13.0 Å². The molecule has 3 fully saturated rings. The average Bonchev–Trinajstić information content (AvgIpc) is 3.72. The monoisotopic (exact) mass is 516 g/mol. The lowest BCUT2D eigenvalue weighted by atomic mass is 10.1. The van der Waals surface area contributed by atoms with E-state index < -0.39 is 31.4 Å². The molecule has 1 amide bonds. The number of cyclic esters (lactones) is 1. The van der Waals surface area contributed by atoms with Crippen LogP contribution in [0.4, 0.5) is 14.9 Å². The summed E-state index contributed by atoms with van der Waals surface area (Å²) in [4.78, 5) is 37.9. The standard InChI is InChI=1S/C22H22FN6O6P/c23-18-9-15(28-12-16(34-21(28)30)10-22(7-8-22)35-36(31,32)33)4-5-17(18)13-1-6-19(24-11-13)20-25-27-29(26-20)14-2-3-14/h1,4-6,9,11,14,16H,2-3,7-8,10,12H2,(H2,31,32,33)/t16-/m1/s1. The third-order valence-corrected chi connectivity index (χ3v) is 7.09. The van der Waals surface area contributed by atoms with E-state index in [0.717, 1.165) is 12.8 Å². The minimum atomic E-state index is -4.65. The molecule has 6 rings (SSSR count). The number of hydrogen-bond acceptors (Lipinski definition) is 8. The molecule has 1 atom stereocenters. The van der Waals surface area contributed by atoms with E-state index in [4.69, 9.17) is 19.0 Å². The molecule has 14 heteroatoms. The number of anilines is 1. The van der Waals surface area contributed by atoms with Crippen LogP contribution < -0.4 is 4.90 Å². The smallest absolute Gasteiger partial charge is 0.444 e. The molecule has 1 aromatic carbocycles. The molecule has 0 unspecified atom stereocenters. The number of aromatic nitrogens is 5. The van der Waals surface area contributed by atoms with Gasteiger partial charge in [-0.15, -0.1) is 10.2 Å². The van der Waals surface area contributed by atoms with Crippen molar-refractivity contribution in [1.82, 2.24) is 25.2 Å². The van der Waals surface area contributed by atoms with E-state index in [1.807, 2.05) is 0 Å². The number of tetrazole rings is 1. The van der Waals surface area contributed by atoms with Crippen molar-refractivity contribution in [2.45, 2.75) is 49.9 Å². The summed E-state index contributed by atoms with van der Waals surface area (Å²) in [5.74, 6) is -0.134. The molecule has 1 aliphatic heterocycles. The average molecular weight is 516 g/mol. The lowest BCUT2D eigenvalue weighted by Gasteiger charge is -2.19. The number of phosphoric acid groups is 1.